The van der Waals surface area contributed by atoms with Crippen LogP contribution in [0.15, 0.2) is 36.4 Å². The van der Waals surface area contributed by atoms with E-state index in [0.717, 1.165) is 11.1 Å². The van der Waals surface area contributed by atoms with Gasteiger partial charge in [0, 0.05) is 31.9 Å². The highest BCUT2D eigenvalue weighted by Crippen LogP contribution is 2.25. The fourth-order valence-electron chi connectivity index (χ4n) is 3.60. The molecule has 2 aromatic rings. The lowest BCUT2D eigenvalue weighted by atomic mass is 9.96. The number of rotatable bonds is 3. The Morgan fingerprint density at radius 3 is 2.61 bits per heavy atom. The van der Waals surface area contributed by atoms with Crippen LogP contribution < -0.4 is 10.2 Å². The Balaban J connectivity index is 1.60. The molecule has 2 aliphatic rings. The third kappa shape index (κ3) is 3.17. The maximum Gasteiger partial charge on any atom is 0.335 e. The number of carbonyl (C=O) groups excluding carboxylic acids is 2. The van der Waals surface area contributed by atoms with E-state index in [1.807, 2.05) is 0 Å². The number of carboxylic acid groups (broad SMARTS) is 1. The number of fused-ring (bicyclic) bond motifs is 1. The number of aromatic carboxylic acids is 1. The fraction of sp³-hybridized carbons (Fsp3) is 0.250. The highest BCUT2D eigenvalue weighted by molar-refractivity contribution is 5.98. The molecule has 0 aromatic heterocycles. The molecule has 2 N–H and O–H groups in total. The van der Waals surface area contributed by atoms with Gasteiger partial charge in [0.25, 0.3) is 5.91 Å². The van der Waals surface area contributed by atoms with Crippen molar-refractivity contribution in [3.63, 3.8) is 0 Å². The van der Waals surface area contributed by atoms with E-state index in [2.05, 4.69) is 5.32 Å². The minimum absolute atomic E-state index is 0.102. The predicted molar refractivity (Wildman–Crippen MR) is 99.0 cm³/mol. The summed E-state index contributed by atoms with van der Waals surface area (Å²) in [6, 6.07) is 8.63. The maximum absolute atomic E-state index is 14.4. The molecule has 7 nitrogen and oxygen atoms in total. The van der Waals surface area contributed by atoms with Crippen LogP contribution in [0.3, 0.4) is 0 Å². The Morgan fingerprint density at radius 1 is 1.07 bits per heavy atom. The number of carboxylic acids is 1. The van der Waals surface area contributed by atoms with Crippen LogP contribution in [0.5, 0.6) is 0 Å². The lowest BCUT2D eigenvalue weighted by molar-refractivity contribution is 0.0696. The number of urea groups is 1. The van der Waals surface area contributed by atoms with Crippen LogP contribution in [0.4, 0.5) is 14.9 Å². The minimum atomic E-state index is -1.03. The molecule has 0 saturated carbocycles. The quantitative estimate of drug-likeness (QED) is 0.851. The second-order valence-corrected chi connectivity index (χ2v) is 6.81. The molecular weight excluding hydrogens is 365 g/mol. The highest BCUT2D eigenvalue weighted by atomic mass is 19.1. The molecule has 4 rings (SSSR count). The van der Waals surface area contributed by atoms with Crippen molar-refractivity contribution in [3.05, 3.63) is 64.5 Å². The minimum Gasteiger partial charge on any atom is -0.478 e. The van der Waals surface area contributed by atoms with E-state index in [4.69, 9.17) is 5.11 Å². The number of amides is 3. The lowest BCUT2D eigenvalue weighted by Gasteiger charge is -2.29. The number of hydrogen-bond acceptors (Lipinski definition) is 3. The molecule has 3 amide bonds. The Hall–Kier alpha value is -3.42. The van der Waals surface area contributed by atoms with E-state index in [9.17, 15) is 18.8 Å². The Labute approximate surface area is 160 Å². The Morgan fingerprint density at radius 2 is 1.89 bits per heavy atom. The Kier molecular flexibility index (Phi) is 4.46. The molecule has 1 saturated heterocycles. The van der Waals surface area contributed by atoms with Gasteiger partial charge in [0.2, 0.25) is 0 Å². The first-order valence-electron chi connectivity index (χ1n) is 8.93. The highest BCUT2D eigenvalue weighted by Gasteiger charge is 2.27. The van der Waals surface area contributed by atoms with Crippen LogP contribution in [0.25, 0.3) is 0 Å². The van der Waals surface area contributed by atoms with Crippen molar-refractivity contribution in [2.45, 2.75) is 13.0 Å². The zero-order valence-corrected chi connectivity index (χ0v) is 14.9. The molecular formula is C20H18FN3O4. The van der Waals surface area contributed by atoms with Crippen molar-refractivity contribution in [3.8, 4) is 0 Å². The first-order valence-corrected chi connectivity index (χ1v) is 8.93. The van der Waals surface area contributed by atoms with Gasteiger partial charge >= 0.3 is 12.0 Å². The third-order valence-corrected chi connectivity index (χ3v) is 5.10. The summed E-state index contributed by atoms with van der Waals surface area (Å²) in [6.07, 6.45) is 0.566. The summed E-state index contributed by atoms with van der Waals surface area (Å²) in [5.41, 5.74) is 2.24. The van der Waals surface area contributed by atoms with E-state index in [1.54, 1.807) is 18.2 Å². The molecule has 8 heteroatoms. The van der Waals surface area contributed by atoms with Gasteiger partial charge in [-0.15, -0.1) is 0 Å². The number of hydrogen-bond donors (Lipinski definition) is 2. The zero-order valence-electron chi connectivity index (χ0n) is 14.9. The first-order chi connectivity index (χ1) is 13.4. The van der Waals surface area contributed by atoms with Gasteiger partial charge in [-0.05, 0) is 47.9 Å². The predicted octanol–water partition coefficient (Wildman–Crippen LogP) is 2.25. The topological polar surface area (TPSA) is 89.9 Å². The van der Waals surface area contributed by atoms with Crippen LogP contribution in [0, 0.1) is 5.82 Å². The number of carbonyl (C=O) groups is 3. The van der Waals surface area contributed by atoms with E-state index >= 15 is 0 Å². The van der Waals surface area contributed by atoms with E-state index in [1.165, 1.54) is 28.0 Å². The normalized spacial score (nSPS) is 16.0. The molecule has 0 spiro atoms. The average molecular weight is 383 g/mol. The maximum atomic E-state index is 14.4. The van der Waals surface area contributed by atoms with Crippen LogP contribution in [0.2, 0.25) is 0 Å². The van der Waals surface area contributed by atoms with Crippen molar-refractivity contribution in [2.75, 3.05) is 24.5 Å². The van der Waals surface area contributed by atoms with E-state index < -0.39 is 17.7 Å². The van der Waals surface area contributed by atoms with Gasteiger partial charge in [-0.3, -0.25) is 9.69 Å². The molecule has 0 unspecified atom stereocenters. The molecule has 2 aliphatic heterocycles. The molecule has 0 aliphatic carbocycles. The van der Waals surface area contributed by atoms with Gasteiger partial charge in [-0.1, -0.05) is 6.07 Å². The fourth-order valence-corrected chi connectivity index (χ4v) is 3.60. The SMILES string of the molecule is O=C(O)c1ccc2c(c1)CN(C(=O)c1cc(N3CCNC3=O)ccc1F)CC2. The van der Waals surface area contributed by atoms with Crippen LogP contribution in [0.1, 0.15) is 31.8 Å². The summed E-state index contributed by atoms with van der Waals surface area (Å²) in [4.78, 5) is 38.9. The number of anilines is 1. The van der Waals surface area contributed by atoms with Crippen molar-refractivity contribution >= 4 is 23.6 Å². The second kappa shape index (κ2) is 6.95. The van der Waals surface area contributed by atoms with E-state index in [-0.39, 0.29) is 23.7 Å². The summed E-state index contributed by atoms with van der Waals surface area (Å²) >= 11 is 0. The van der Waals surface area contributed by atoms with Gasteiger partial charge in [0.05, 0.1) is 11.1 Å². The van der Waals surface area contributed by atoms with Gasteiger partial charge in [-0.2, -0.15) is 0 Å². The Bertz CT molecular complexity index is 991. The summed E-state index contributed by atoms with van der Waals surface area (Å²) in [7, 11) is 0. The van der Waals surface area contributed by atoms with Crippen molar-refractivity contribution in [1.82, 2.24) is 10.2 Å². The van der Waals surface area contributed by atoms with Crippen molar-refractivity contribution in [1.29, 1.82) is 0 Å². The van der Waals surface area contributed by atoms with Crippen LogP contribution in [-0.2, 0) is 13.0 Å². The van der Waals surface area contributed by atoms with Crippen LogP contribution in [-0.4, -0.2) is 47.5 Å². The number of nitrogens with zero attached hydrogens (tertiary/aromatic N) is 2. The van der Waals surface area contributed by atoms with Gasteiger partial charge in [0.15, 0.2) is 0 Å². The summed E-state index contributed by atoms with van der Waals surface area (Å²) in [5.74, 6) is -2.17. The van der Waals surface area contributed by atoms with Crippen molar-refractivity contribution < 1.29 is 23.9 Å². The number of halogens is 1. The van der Waals surface area contributed by atoms with Gasteiger partial charge in [0.1, 0.15) is 5.82 Å². The molecule has 2 aromatic carbocycles. The zero-order chi connectivity index (χ0) is 19.8. The molecule has 2 heterocycles. The standard InChI is InChI=1S/C20H18FN3O4/c21-17-4-3-15(24-8-6-22-20(24)28)10-16(17)18(25)23-7-5-12-1-2-13(19(26)27)9-14(12)11-23/h1-4,9-10H,5-8,11H2,(H,22,28)(H,26,27). The monoisotopic (exact) mass is 383 g/mol. The summed E-state index contributed by atoms with van der Waals surface area (Å²) in [5, 5.41) is 11.8. The largest absolute Gasteiger partial charge is 0.478 e. The number of benzene rings is 2. The molecule has 0 atom stereocenters. The molecule has 0 radical (unpaired) electrons. The summed E-state index contributed by atoms with van der Waals surface area (Å²) < 4.78 is 14.4. The summed E-state index contributed by atoms with van der Waals surface area (Å²) in [6.45, 7) is 1.57. The van der Waals surface area contributed by atoms with Crippen molar-refractivity contribution in [2.24, 2.45) is 0 Å². The lowest BCUT2D eigenvalue weighted by Crippen LogP contribution is -2.36. The molecule has 144 valence electrons. The molecule has 0 bridgehead atoms. The molecule has 1 fully saturated rings. The van der Waals surface area contributed by atoms with Gasteiger partial charge < -0.3 is 15.3 Å². The smallest absolute Gasteiger partial charge is 0.335 e. The molecule has 28 heavy (non-hydrogen) atoms. The van der Waals surface area contributed by atoms with Gasteiger partial charge in [-0.25, -0.2) is 14.0 Å². The first kappa shape index (κ1) is 18.0. The second-order valence-electron chi connectivity index (χ2n) is 6.81. The third-order valence-electron chi connectivity index (χ3n) is 5.10. The van der Waals surface area contributed by atoms with E-state index in [0.29, 0.717) is 31.7 Å². The van der Waals surface area contributed by atoms with Crippen LogP contribution >= 0.6 is 0 Å². The number of nitrogens with one attached hydrogen (secondary N) is 1. The average Bonchev–Trinajstić information content (AvgIpc) is 3.13.